The monoisotopic (exact) mass is 249 g/mol. The van der Waals surface area contributed by atoms with Gasteiger partial charge in [0.2, 0.25) is 0 Å². The maximum atomic E-state index is 11.0. The zero-order chi connectivity index (χ0) is 12.4. The third-order valence-electron chi connectivity index (χ3n) is 2.63. The number of methoxy groups -OCH3 is 1. The molecule has 0 spiro atoms. The van der Waals surface area contributed by atoms with Gasteiger partial charge in [-0.05, 0) is 44.7 Å². The minimum atomic E-state index is -0.785. The van der Waals surface area contributed by atoms with Crippen LogP contribution in [-0.4, -0.2) is 48.9 Å². The molecule has 4 nitrogen and oxygen atoms in total. The third kappa shape index (κ3) is 6.35. The van der Waals surface area contributed by atoms with E-state index in [2.05, 4.69) is 5.32 Å². The lowest BCUT2D eigenvalue weighted by Gasteiger charge is -2.23. The summed E-state index contributed by atoms with van der Waals surface area (Å²) in [6.07, 6.45) is 2.64. The molecule has 2 N–H and O–H groups in total. The second kappa shape index (κ2) is 8.84. The van der Waals surface area contributed by atoms with Gasteiger partial charge < -0.3 is 15.2 Å². The largest absolute Gasteiger partial charge is 0.480 e. The molecule has 0 radical (unpaired) electrons. The Bertz CT molecular complexity index is 202. The number of aliphatic carboxylic acids is 1. The van der Waals surface area contributed by atoms with Crippen LogP contribution in [0.25, 0.3) is 0 Å². The Morgan fingerprint density at radius 2 is 2.06 bits per heavy atom. The first kappa shape index (κ1) is 15.7. The number of rotatable bonds is 10. The summed E-state index contributed by atoms with van der Waals surface area (Å²) in [5.74, 6) is 1.31. The molecule has 0 aliphatic carbocycles. The van der Waals surface area contributed by atoms with Crippen LogP contribution in [0.1, 0.15) is 26.2 Å². The number of likely N-dealkylation sites (N-methyl/N-ethyl adjacent to an activating group) is 1. The molecule has 0 aromatic carbocycles. The fourth-order valence-electron chi connectivity index (χ4n) is 1.27. The fourth-order valence-corrected chi connectivity index (χ4v) is 2.15. The molecule has 0 aromatic rings. The van der Waals surface area contributed by atoms with Crippen LogP contribution in [0, 0.1) is 0 Å². The van der Waals surface area contributed by atoms with Gasteiger partial charge in [-0.25, -0.2) is 0 Å². The lowest BCUT2D eigenvalue weighted by Crippen LogP contribution is -2.47. The first-order chi connectivity index (χ1) is 7.56. The molecule has 0 heterocycles. The molecule has 0 rings (SSSR count). The Hall–Kier alpha value is -0.260. The Labute approximate surface area is 102 Å². The zero-order valence-corrected chi connectivity index (χ0v) is 11.2. The van der Waals surface area contributed by atoms with Crippen molar-refractivity contribution in [3.63, 3.8) is 0 Å². The molecule has 0 saturated carbocycles. The summed E-state index contributed by atoms with van der Waals surface area (Å²) < 4.78 is 4.95. The van der Waals surface area contributed by atoms with Gasteiger partial charge in [-0.3, -0.25) is 4.79 Å². The van der Waals surface area contributed by atoms with Crippen LogP contribution in [0.2, 0.25) is 0 Å². The average Bonchev–Trinajstić information content (AvgIpc) is 2.27. The van der Waals surface area contributed by atoms with Crippen LogP contribution in [0.5, 0.6) is 0 Å². The first-order valence-electron chi connectivity index (χ1n) is 5.56. The number of hydrogen-bond donors (Lipinski definition) is 2. The molecule has 0 aliphatic rings. The van der Waals surface area contributed by atoms with E-state index in [1.165, 1.54) is 0 Å². The van der Waals surface area contributed by atoms with Crippen LogP contribution >= 0.6 is 11.8 Å². The predicted molar refractivity (Wildman–Crippen MR) is 68.2 cm³/mol. The quantitative estimate of drug-likeness (QED) is 0.576. The van der Waals surface area contributed by atoms with Crippen molar-refractivity contribution in [3.05, 3.63) is 0 Å². The number of carboxylic acid groups (broad SMARTS) is 1. The summed E-state index contributed by atoms with van der Waals surface area (Å²) in [6, 6.07) is 0. The molecule has 16 heavy (non-hydrogen) atoms. The number of carbonyl (C=O) groups is 1. The maximum Gasteiger partial charge on any atom is 0.323 e. The summed E-state index contributed by atoms with van der Waals surface area (Å²) in [4.78, 5) is 11.0. The number of ether oxygens (including phenoxy) is 1. The number of hydrogen-bond acceptors (Lipinski definition) is 4. The summed E-state index contributed by atoms with van der Waals surface area (Å²) in [5, 5.41) is 11.9. The van der Waals surface area contributed by atoms with Gasteiger partial charge >= 0.3 is 5.97 Å². The summed E-state index contributed by atoms with van der Waals surface area (Å²) in [6.45, 7) is 2.53. The van der Waals surface area contributed by atoms with Gasteiger partial charge in [-0.1, -0.05) is 0 Å². The van der Waals surface area contributed by atoms with Gasteiger partial charge in [0.05, 0.1) is 0 Å². The number of thioether (sulfide) groups is 1. The highest BCUT2D eigenvalue weighted by Gasteiger charge is 2.29. The van der Waals surface area contributed by atoms with Crippen molar-refractivity contribution in [2.45, 2.75) is 31.7 Å². The van der Waals surface area contributed by atoms with Crippen molar-refractivity contribution >= 4 is 17.7 Å². The Morgan fingerprint density at radius 3 is 2.56 bits per heavy atom. The highest BCUT2D eigenvalue weighted by molar-refractivity contribution is 7.99. The molecule has 1 atom stereocenters. The lowest BCUT2D eigenvalue weighted by molar-refractivity contribution is -0.144. The van der Waals surface area contributed by atoms with Gasteiger partial charge in [0.15, 0.2) is 0 Å². The number of carboxylic acids is 1. The van der Waals surface area contributed by atoms with Crippen LogP contribution in [-0.2, 0) is 9.53 Å². The topological polar surface area (TPSA) is 58.6 Å². The van der Waals surface area contributed by atoms with E-state index in [9.17, 15) is 4.79 Å². The SMILES string of the molecule is CNC(C)(CCCSCCCOC)C(=O)O. The molecular formula is C11H23NO3S. The van der Waals surface area contributed by atoms with Crippen LogP contribution in [0.4, 0.5) is 0 Å². The minimum Gasteiger partial charge on any atom is -0.480 e. The molecule has 0 aliphatic heterocycles. The van der Waals surface area contributed by atoms with Gasteiger partial charge in [-0.15, -0.1) is 0 Å². The van der Waals surface area contributed by atoms with Crippen molar-refractivity contribution in [2.75, 3.05) is 32.3 Å². The van der Waals surface area contributed by atoms with E-state index in [1.807, 2.05) is 11.8 Å². The van der Waals surface area contributed by atoms with E-state index in [0.717, 1.165) is 31.0 Å². The van der Waals surface area contributed by atoms with Gasteiger partial charge in [0, 0.05) is 13.7 Å². The first-order valence-corrected chi connectivity index (χ1v) is 6.71. The Balaban J connectivity index is 3.53. The molecular weight excluding hydrogens is 226 g/mol. The van der Waals surface area contributed by atoms with E-state index in [-0.39, 0.29) is 0 Å². The average molecular weight is 249 g/mol. The Kier molecular flexibility index (Phi) is 8.70. The zero-order valence-electron chi connectivity index (χ0n) is 10.4. The minimum absolute atomic E-state index is 0.663. The summed E-state index contributed by atoms with van der Waals surface area (Å²) in [7, 11) is 3.40. The van der Waals surface area contributed by atoms with Crippen LogP contribution < -0.4 is 5.32 Å². The highest BCUT2D eigenvalue weighted by Crippen LogP contribution is 2.15. The molecule has 0 fully saturated rings. The van der Waals surface area contributed by atoms with Crippen LogP contribution in [0.3, 0.4) is 0 Å². The molecule has 5 heteroatoms. The molecule has 1 unspecified atom stereocenters. The van der Waals surface area contributed by atoms with E-state index in [4.69, 9.17) is 9.84 Å². The number of nitrogens with one attached hydrogen (secondary N) is 1. The van der Waals surface area contributed by atoms with Gasteiger partial charge in [0.25, 0.3) is 0 Å². The van der Waals surface area contributed by atoms with Crippen molar-refractivity contribution in [1.29, 1.82) is 0 Å². The molecule has 0 saturated heterocycles. The smallest absolute Gasteiger partial charge is 0.323 e. The second-order valence-corrected chi connectivity index (χ2v) is 5.17. The Morgan fingerprint density at radius 1 is 1.44 bits per heavy atom. The van der Waals surface area contributed by atoms with Gasteiger partial charge in [0.1, 0.15) is 5.54 Å². The van der Waals surface area contributed by atoms with Crippen molar-refractivity contribution in [3.8, 4) is 0 Å². The fraction of sp³-hybridized carbons (Fsp3) is 0.909. The molecule has 0 amide bonds. The van der Waals surface area contributed by atoms with E-state index in [0.29, 0.717) is 6.42 Å². The summed E-state index contributed by atoms with van der Waals surface area (Å²) >= 11 is 1.86. The van der Waals surface area contributed by atoms with Crippen molar-refractivity contribution in [1.82, 2.24) is 5.32 Å². The summed E-state index contributed by atoms with van der Waals surface area (Å²) in [5.41, 5.74) is -0.785. The lowest BCUT2D eigenvalue weighted by atomic mass is 9.97. The van der Waals surface area contributed by atoms with Crippen LogP contribution in [0.15, 0.2) is 0 Å². The standard InChI is InChI=1S/C11H23NO3S/c1-11(12-2,10(13)14)6-4-8-16-9-5-7-15-3/h12H,4-9H2,1-3H3,(H,13,14). The van der Waals surface area contributed by atoms with E-state index >= 15 is 0 Å². The van der Waals surface area contributed by atoms with E-state index in [1.54, 1.807) is 21.1 Å². The van der Waals surface area contributed by atoms with Gasteiger partial charge in [-0.2, -0.15) is 11.8 Å². The van der Waals surface area contributed by atoms with E-state index < -0.39 is 11.5 Å². The predicted octanol–water partition coefficient (Wildman–Crippen LogP) is 1.60. The second-order valence-electron chi connectivity index (χ2n) is 3.95. The van der Waals surface area contributed by atoms with Crippen molar-refractivity contribution < 1.29 is 14.6 Å². The van der Waals surface area contributed by atoms with Crippen molar-refractivity contribution in [2.24, 2.45) is 0 Å². The molecule has 0 aromatic heterocycles. The highest BCUT2D eigenvalue weighted by atomic mass is 32.2. The molecule has 0 bridgehead atoms. The molecule has 96 valence electrons. The maximum absolute atomic E-state index is 11.0. The third-order valence-corrected chi connectivity index (χ3v) is 3.78. The normalized spacial score (nSPS) is 14.7.